The molecule has 3 heteroatoms. The second kappa shape index (κ2) is 5.34. The lowest BCUT2D eigenvalue weighted by atomic mass is 10.1. The van der Waals surface area contributed by atoms with Crippen LogP contribution in [0.1, 0.15) is 6.92 Å². The van der Waals surface area contributed by atoms with Gasteiger partial charge in [0.25, 0.3) is 5.88 Å². The monoisotopic (exact) mass is 229 g/mol. The third-order valence-electron chi connectivity index (χ3n) is 2.43. The molecule has 1 aromatic carbocycles. The number of hydrogen-bond acceptors (Lipinski definition) is 3. The highest BCUT2D eigenvalue weighted by Crippen LogP contribution is 2.29. The van der Waals surface area contributed by atoms with Crippen molar-refractivity contribution in [3.63, 3.8) is 0 Å². The number of rotatable bonds is 4. The van der Waals surface area contributed by atoms with Crippen molar-refractivity contribution in [1.82, 2.24) is 4.98 Å². The van der Waals surface area contributed by atoms with E-state index >= 15 is 0 Å². The van der Waals surface area contributed by atoms with Gasteiger partial charge in [-0.2, -0.15) is 0 Å². The number of pyridine rings is 1. The number of methoxy groups -OCH3 is 1. The molecule has 17 heavy (non-hydrogen) atoms. The minimum Gasteiger partial charge on any atom is -0.491 e. The van der Waals surface area contributed by atoms with Gasteiger partial charge in [0.1, 0.15) is 0 Å². The summed E-state index contributed by atoms with van der Waals surface area (Å²) < 4.78 is 10.7. The Morgan fingerprint density at radius 1 is 1.12 bits per heavy atom. The van der Waals surface area contributed by atoms with Gasteiger partial charge in [-0.1, -0.05) is 30.3 Å². The van der Waals surface area contributed by atoms with Crippen molar-refractivity contribution in [2.75, 3.05) is 13.7 Å². The third-order valence-corrected chi connectivity index (χ3v) is 2.43. The summed E-state index contributed by atoms with van der Waals surface area (Å²) in [6, 6.07) is 12.0. The van der Waals surface area contributed by atoms with Gasteiger partial charge in [-0.3, -0.25) is 0 Å². The van der Waals surface area contributed by atoms with Crippen LogP contribution in [0.25, 0.3) is 11.1 Å². The zero-order valence-corrected chi connectivity index (χ0v) is 10.0. The van der Waals surface area contributed by atoms with E-state index in [1.807, 2.05) is 43.3 Å². The highest BCUT2D eigenvalue weighted by molar-refractivity contribution is 5.65. The maximum atomic E-state index is 5.38. The Bertz CT molecular complexity index is 483. The van der Waals surface area contributed by atoms with Crippen molar-refractivity contribution in [3.05, 3.63) is 42.6 Å². The summed E-state index contributed by atoms with van der Waals surface area (Å²) in [7, 11) is 1.62. The molecule has 0 aliphatic heterocycles. The van der Waals surface area contributed by atoms with Gasteiger partial charge in [-0.05, 0) is 18.6 Å². The Labute approximate surface area is 101 Å². The van der Waals surface area contributed by atoms with E-state index < -0.39 is 0 Å². The maximum absolute atomic E-state index is 5.38. The van der Waals surface area contributed by atoms with Gasteiger partial charge in [0.15, 0.2) is 5.75 Å². The molecule has 0 saturated heterocycles. The first kappa shape index (κ1) is 11.5. The summed E-state index contributed by atoms with van der Waals surface area (Å²) in [6.07, 6.45) is 1.79. The first-order valence-electron chi connectivity index (χ1n) is 5.57. The molecule has 1 aromatic heterocycles. The van der Waals surface area contributed by atoms with Crippen molar-refractivity contribution in [2.45, 2.75) is 6.92 Å². The van der Waals surface area contributed by atoms with E-state index in [4.69, 9.17) is 9.47 Å². The van der Waals surface area contributed by atoms with E-state index in [2.05, 4.69) is 4.98 Å². The Morgan fingerprint density at radius 3 is 2.53 bits per heavy atom. The fourth-order valence-corrected chi connectivity index (χ4v) is 1.61. The van der Waals surface area contributed by atoms with Crippen molar-refractivity contribution < 1.29 is 9.47 Å². The Hall–Kier alpha value is -2.03. The molecule has 0 atom stereocenters. The number of nitrogens with zero attached hydrogens (tertiary/aromatic N) is 1. The molecule has 88 valence electrons. The summed E-state index contributed by atoms with van der Waals surface area (Å²) in [6.45, 7) is 2.50. The zero-order chi connectivity index (χ0) is 12.1. The first-order valence-corrected chi connectivity index (χ1v) is 5.57. The van der Waals surface area contributed by atoms with Gasteiger partial charge < -0.3 is 9.47 Å². The van der Waals surface area contributed by atoms with E-state index in [-0.39, 0.29) is 0 Å². The van der Waals surface area contributed by atoms with Crippen molar-refractivity contribution >= 4 is 0 Å². The fourth-order valence-electron chi connectivity index (χ4n) is 1.61. The average Bonchev–Trinajstić information content (AvgIpc) is 2.40. The molecular weight excluding hydrogens is 214 g/mol. The second-order valence-corrected chi connectivity index (χ2v) is 3.53. The molecular formula is C14H15NO2. The molecule has 0 bridgehead atoms. The predicted octanol–water partition coefficient (Wildman–Crippen LogP) is 3.16. The van der Waals surface area contributed by atoms with Crippen molar-refractivity contribution in [3.8, 4) is 22.8 Å². The number of benzene rings is 1. The maximum Gasteiger partial charge on any atom is 0.256 e. The minimum absolute atomic E-state index is 0.537. The van der Waals surface area contributed by atoms with E-state index in [1.165, 1.54) is 0 Å². The van der Waals surface area contributed by atoms with Crippen LogP contribution < -0.4 is 9.47 Å². The van der Waals surface area contributed by atoms with E-state index in [0.29, 0.717) is 18.2 Å². The Morgan fingerprint density at radius 2 is 1.88 bits per heavy atom. The van der Waals surface area contributed by atoms with Gasteiger partial charge in [0.2, 0.25) is 0 Å². The molecule has 2 aromatic rings. The van der Waals surface area contributed by atoms with Crippen LogP contribution in [0.3, 0.4) is 0 Å². The molecule has 0 N–H and O–H groups in total. The van der Waals surface area contributed by atoms with Gasteiger partial charge in [-0.25, -0.2) is 4.98 Å². The molecule has 1 heterocycles. The highest BCUT2D eigenvalue weighted by Gasteiger charge is 2.07. The fraction of sp³-hybridized carbons (Fsp3) is 0.214. The smallest absolute Gasteiger partial charge is 0.256 e. The summed E-state index contributed by atoms with van der Waals surface area (Å²) in [5.41, 5.74) is 2.13. The quantitative estimate of drug-likeness (QED) is 0.807. The molecule has 0 fully saturated rings. The molecule has 0 spiro atoms. The normalized spacial score (nSPS) is 10.0. The van der Waals surface area contributed by atoms with Crippen LogP contribution in [-0.2, 0) is 0 Å². The van der Waals surface area contributed by atoms with Crippen molar-refractivity contribution in [2.24, 2.45) is 0 Å². The lowest BCUT2D eigenvalue weighted by molar-refractivity contribution is 0.298. The Kier molecular flexibility index (Phi) is 3.60. The van der Waals surface area contributed by atoms with Crippen LogP contribution in [0.15, 0.2) is 42.6 Å². The van der Waals surface area contributed by atoms with E-state index in [1.54, 1.807) is 13.3 Å². The summed E-state index contributed by atoms with van der Waals surface area (Å²) in [5.74, 6) is 1.20. The number of ether oxygens (including phenoxy) is 2. The summed E-state index contributed by atoms with van der Waals surface area (Å²) in [4.78, 5) is 4.27. The standard InChI is InChI=1S/C14H15NO2/c1-3-17-14-13(16-2)9-12(10-15-14)11-7-5-4-6-8-11/h4-10H,3H2,1-2H3. The average molecular weight is 229 g/mol. The van der Waals surface area contributed by atoms with Gasteiger partial charge in [-0.15, -0.1) is 0 Å². The van der Waals surface area contributed by atoms with Crippen LogP contribution in [0.4, 0.5) is 0 Å². The highest BCUT2D eigenvalue weighted by atomic mass is 16.5. The van der Waals surface area contributed by atoms with E-state index in [0.717, 1.165) is 11.1 Å². The first-order chi connectivity index (χ1) is 8.35. The lowest BCUT2D eigenvalue weighted by Crippen LogP contribution is -1.98. The number of hydrogen-bond donors (Lipinski definition) is 0. The SMILES string of the molecule is CCOc1ncc(-c2ccccc2)cc1OC. The zero-order valence-electron chi connectivity index (χ0n) is 10.0. The van der Waals surface area contributed by atoms with Crippen LogP contribution in [0.5, 0.6) is 11.6 Å². The van der Waals surface area contributed by atoms with Crippen LogP contribution >= 0.6 is 0 Å². The third kappa shape index (κ3) is 2.56. The van der Waals surface area contributed by atoms with Gasteiger partial charge in [0, 0.05) is 11.8 Å². The van der Waals surface area contributed by atoms with Gasteiger partial charge >= 0.3 is 0 Å². The minimum atomic E-state index is 0.537. The second-order valence-electron chi connectivity index (χ2n) is 3.53. The van der Waals surface area contributed by atoms with E-state index in [9.17, 15) is 0 Å². The Balaban J connectivity index is 2.38. The molecule has 0 unspecified atom stereocenters. The molecule has 2 rings (SSSR count). The van der Waals surface area contributed by atoms with Crippen LogP contribution in [-0.4, -0.2) is 18.7 Å². The lowest BCUT2D eigenvalue weighted by Gasteiger charge is -2.09. The van der Waals surface area contributed by atoms with Gasteiger partial charge in [0.05, 0.1) is 13.7 Å². The van der Waals surface area contributed by atoms with Crippen LogP contribution in [0.2, 0.25) is 0 Å². The topological polar surface area (TPSA) is 31.4 Å². The molecule has 0 saturated carbocycles. The molecule has 3 nitrogen and oxygen atoms in total. The largest absolute Gasteiger partial charge is 0.491 e. The summed E-state index contributed by atoms with van der Waals surface area (Å²) in [5, 5.41) is 0. The van der Waals surface area contributed by atoms with Crippen LogP contribution in [0, 0.1) is 0 Å². The molecule has 0 aliphatic carbocycles. The van der Waals surface area contributed by atoms with Crippen molar-refractivity contribution in [1.29, 1.82) is 0 Å². The molecule has 0 amide bonds. The molecule has 0 radical (unpaired) electrons. The predicted molar refractivity (Wildman–Crippen MR) is 67.4 cm³/mol. The number of aromatic nitrogens is 1. The molecule has 0 aliphatic rings. The summed E-state index contributed by atoms with van der Waals surface area (Å²) >= 11 is 0.